The van der Waals surface area contributed by atoms with Crippen molar-refractivity contribution in [3.05, 3.63) is 42.5 Å². The number of nitrogens with one attached hydrogen (secondary N) is 1. The molecule has 0 aliphatic heterocycles. The van der Waals surface area contributed by atoms with Crippen molar-refractivity contribution >= 4 is 28.4 Å². The van der Waals surface area contributed by atoms with Gasteiger partial charge >= 0.3 is 0 Å². The van der Waals surface area contributed by atoms with Crippen molar-refractivity contribution in [3.8, 4) is 0 Å². The van der Waals surface area contributed by atoms with Gasteiger partial charge in [0, 0.05) is 10.6 Å². The summed E-state index contributed by atoms with van der Waals surface area (Å²) in [4.78, 5) is 12.9. The number of benzene rings is 2. The maximum Gasteiger partial charge on any atom is 0.238 e. The quantitative estimate of drug-likeness (QED) is 0.772. The van der Waals surface area contributed by atoms with E-state index in [-0.39, 0.29) is 5.91 Å². The lowest BCUT2D eigenvalue weighted by Gasteiger charge is -2.27. The Labute approximate surface area is 130 Å². The number of fused-ring (bicyclic) bond motifs is 1. The molecule has 0 fully saturated rings. The fourth-order valence-corrected chi connectivity index (χ4v) is 3.17. The van der Waals surface area contributed by atoms with Gasteiger partial charge in [-0.15, -0.1) is 11.8 Å². The highest BCUT2D eigenvalue weighted by atomic mass is 32.2. The molecule has 0 aromatic heterocycles. The van der Waals surface area contributed by atoms with Crippen LogP contribution >= 0.6 is 11.8 Å². The van der Waals surface area contributed by atoms with Crippen LogP contribution in [-0.4, -0.2) is 23.7 Å². The van der Waals surface area contributed by atoms with E-state index in [1.807, 2.05) is 19.1 Å². The van der Waals surface area contributed by atoms with E-state index >= 15 is 0 Å². The van der Waals surface area contributed by atoms with Crippen LogP contribution in [0.4, 0.5) is 0 Å². The van der Waals surface area contributed by atoms with E-state index in [4.69, 9.17) is 5.73 Å². The number of thioether (sulfide) groups is 1. The lowest BCUT2D eigenvalue weighted by Crippen LogP contribution is -2.55. The molecule has 4 heteroatoms. The molecule has 2 aromatic rings. The van der Waals surface area contributed by atoms with Gasteiger partial charge in [-0.2, -0.15) is 0 Å². The number of carbonyl (C=O) groups excluding carboxylic acids is 1. The molecule has 0 radical (unpaired) electrons. The Bertz CT molecular complexity index is 629. The summed E-state index contributed by atoms with van der Waals surface area (Å²) in [5.74, 6) is 0.324. The predicted molar refractivity (Wildman–Crippen MR) is 90.6 cm³/mol. The number of rotatable bonds is 7. The fraction of sp³-hybridized carbons (Fsp3) is 0.353. The van der Waals surface area contributed by atoms with E-state index < -0.39 is 5.54 Å². The van der Waals surface area contributed by atoms with E-state index in [0.29, 0.717) is 5.75 Å². The molecule has 0 aliphatic rings. The van der Waals surface area contributed by atoms with E-state index in [0.717, 1.165) is 17.9 Å². The van der Waals surface area contributed by atoms with Crippen LogP contribution in [0.25, 0.3) is 10.8 Å². The molecule has 1 atom stereocenters. The van der Waals surface area contributed by atoms with Crippen LogP contribution in [0.2, 0.25) is 0 Å². The van der Waals surface area contributed by atoms with Crippen molar-refractivity contribution < 1.29 is 4.79 Å². The first-order chi connectivity index (χ1) is 10.0. The molecule has 0 spiro atoms. The number of hydrogen-bond donors (Lipinski definition) is 2. The van der Waals surface area contributed by atoms with Crippen molar-refractivity contribution in [1.82, 2.24) is 5.32 Å². The Morgan fingerprint density at radius 3 is 2.62 bits per heavy atom. The van der Waals surface area contributed by atoms with Gasteiger partial charge in [-0.05, 0) is 42.8 Å². The summed E-state index contributed by atoms with van der Waals surface area (Å²) in [6.45, 7) is 4.74. The molecule has 2 aromatic carbocycles. The van der Waals surface area contributed by atoms with Gasteiger partial charge in [-0.3, -0.25) is 4.79 Å². The van der Waals surface area contributed by atoms with Gasteiger partial charge in [0.15, 0.2) is 0 Å². The van der Waals surface area contributed by atoms with Crippen LogP contribution in [0.3, 0.4) is 0 Å². The third kappa shape index (κ3) is 3.99. The zero-order chi connectivity index (χ0) is 15.3. The maximum atomic E-state index is 11.7. The minimum absolute atomic E-state index is 0.302. The van der Waals surface area contributed by atoms with Crippen molar-refractivity contribution in [2.24, 2.45) is 5.73 Å². The Balaban J connectivity index is 2.10. The van der Waals surface area contributed by atoms with E-state index in [1.165, 1.54) is 10.8 Å². The number of nitrogens with two attached hydrogens (primary N) is 1. The van der Waals surface area contributed by atoms with Gasteiger partial charge in [0.1, 0.15) is 5.54 Å². The molecule has 1 amide bonds. The van der Waals surface area contributed by atoms with Crippen molar-refractivity contribution in [3.63, 3.8) is 0 Å². The third-order valence-electron chi connectivity index (χ3n) is 3.56. The topological polar surface area (TPSA) is 55.1 Å². The second-order valence-electron chi connectivity index (χ2n) is 5.42. The highest BCUT2D eigenvalue weighted by Crippen LogP contribution is 2.26. The molecular formula is C17H22N2OS. The third-order valence-corrected chi connectivity index (χ3v) is 4.87. The van der Waals surface area contributed by atoms with Crippen LogP contribution in [-0.2, 0) is 4.79 Å². The smallest absolute Gasteiger partial charge is 0.238 e. The molecule has 3 nitrogen and oxygen atoms in total. The van der Waals surface area contributed by atoms with Crippen LogP contribution in [0.1, 0.15) is 20.3 Å². The summed E-state index contributed by atoms with van der Waals surface area (Å²) in [7, 11) is 0. The lowest BCUT2D eigenvalue weighted by atomic mass is 10.0. The average Bonchev–Trinajstić information content (AvgIpc) is 2.50. The van der Waals surface area contributed by atoms with Gasteiger partial charge in [-0.1, -0.05) is 37.3 Å². The minimum Gasteiger partial charge on any atom is -0.368 e. The van der Waals surface area contributed by atoms with Crippen LogP contribution in [0, 0.1) is 0 Å². The first-order valence-electron chi connectivity index (χ1n) is 7.22. The minimum atomic E-state index is -0.674. The van der Waals surface area contributed by atoms with Gasteiger partial charge in [0.05, 0.1) is 0 Å². The van der Waals surface area contributed by atoms with Crippen molar-refractivity contribution in [1.29, 1.82) is 0 Å². The summed E-state index contributed by atoms with van der Waals surface area (Å²) in [6.07, 6.45) is 0.976. The Hall–Kier alpha value is -1.52. The first-order valence-corrected chi connectivity index (χ1v) is 8.20. The monoisotopic (exact) mass is 302 g/mol. The Kier molecular flexibility index (Phi) is 5.26. The molecule has 1 unspecified atom stereocenters. The molecule has 0 heterocycles. The van der Waals surface area contributed by atoms with E-state index in [2.05, 4.69) is 42.6 Å². The molecule has 3 N–H and O–H groups in total. The number of primary amides is 1. The first kappa shape index (κ1) is 15.9. The number of carbonyl (C=O) groups is 1. The van der Waals surface area contributed by atoms with Gasteiger partial charge in [0.25, 0.3) is 0 Å². The Morgan fingerprint density at radius 2 is 1.95 bits per heavy atom. The van der Waals surface area contributed by atoms with Crippen LogP contribution < -0.4 is 11.1 Å². The summed E-state index contributed by atoms with van der Waals surface area (Å²) in [5.41, 5.74) is 4.88. The highest BCUT2D eigenvalue weighted by molar-refractivity contribution is 7.99. The SMILES string of the molecule is CCCNC(C)(CSc1ccc2ccccc2c1)C(N)=O. The maximum absolute atomic E-state index is 11.7. The van der Waals surface area contributed by atoms with Crippen molar-refractivity contribution in [2.45, 2.75) is 30.7 Å². The van der Waals surface area contributed by atoms with Crippen LogP contribution in [0.15, 0.2) is 47.4 Å². The number of amides is 1. The zero-order valence-electron chi connectivity index (χ0n) is 12.6. The standard InChI is InChI=1S/C17H22N2OS/c1-3-10-19-17(2,16(18)20)12-21-15-9-8-13-6-4-5-7-14(13)11-15/h4-9,11,19H,3,10,12H2,1-2H3,(H2,18,20). The lowest BCUT2D eigenvalue weighted by molar-refractivity contribution is -0.122. The molecule has 0 saturated carbocycles. The largest absolute Gasteiger partial charge is 0.368 e. The molecule has 0 saturated heterocycles. The van der Waals surface area contributed by atoms with Gasteiger partial charge < -0.3 is 11.1 Å². The molecule has 0 aliphatic carbocycles. The summed E-state index contributed by atoms with van der Waals surface area (Å²) in [6, 6.07) is 14.6. The highest BCUT2D eigenvalue weighted by Gasteiger charge is 2.30. The van der Waals surface area contributed by atoms with Gasteiger partial charge in [-0.25, -0.2) is 0 Å². The molecule has 0 bridgehead atoms. The molecule has 112 valence electrons. The zero-order valence-corrected chi connectivity index (χ0v) is 13.4. The van der Waals surface area contributed by atoms with E-state index in [1.54, 1.807) is 11.8 Å². The van der Waals surface area contributed by atoms with Crippen LogP contribution in [0.5, 0.6) is 0 Å². The molecular weight excluding hydrogens is 280 g/mol. The van der Waals surface area contributed by atoms with E-state index in [9.17, 15) is 4.79 Å². The van der Waals surface area contributed by atoms with Crippen molar-refractivity contribution in [2.75, 3.05) is 12.3 Å². The normalized spacial score (nSPS) is 14.0. The molecule has 21 heavy (non-hydrogen) atoms. The summed E-state index contributed by atoms with van der Waals surface area (Å²) in [5, 5.41) is 5.70. The Morgan fingerprint density at radius 1 is 1.24 bits per heavy atom. The fourth-order valence-electron chi connectivity index (χ4n) is 2.10. The summed E-state index contributed by atoms with van der Waals surface area (Å²) < 4.78 is 0. The van der Waals surface area contributed by atoms with Gasteiger partial charge in [0.2, 0.25) is 5.91 Å². The average molecular weight is 302 g/mol. The number of hydrogen-bond acceptors (Lipinski definition) is 3. The summed E-state index contributed by atoms with van der Waals surface area (Å²) >= 11 is 1.66. The predicted octanol–water partition coefficient (Wildman–Crippen LogP) is 3.18. The molecule has 2 rings (SSSR count). The second kappa shape index (κ2) is 6.96. The second-order valence-corrected chi connectivity index (χ2v) is 6.47.